The van der Waals surface area contributed by atoms with E-state index in [9.17, 15) is 0 Å². The zero-order valence-corrected chi connectivity index (χ0v) is 28.5. The molecule has 1 saturated heterocycles. The van der Waals surface area contributed by atoms with Crippen LogP contribution in [0.1, 0.15) is 53.4 Å². The van der Waals surface area contributed by atoms with Crippen molar-refractivity contribution >= 4 is 26.9 Å². The fourth-order valence-electron chi connectivity index (χ4n) is 4.14. The summed E-state index contributed by atoms with van der Waals surface area (Å²) in [7, 11) is 3.16. The Labute approximate surface area is 234 Å². The standard InChI is InChI=1S/C11H22O4Si.C8H20O4Si.C4H12O4Si/c1-12-16(13-2,14-3)7-6-9-4-5-10-11(8-9)15-10;1-5-9-13(10-6-2,11-7-3)12-8-4;1-5-9(6-2,7-3)8-4/h9-11H,4-8H2,1-3H3;5-8H2,1-4H3;1-4H3. The predicted molar refractivity (Wildman–Crippen MR) is 148 cm³/mol. The number of hydrogen-bond donors (Lipinski definition) is 0. The summed E-state index contributed by atoms with van der Waals surface area (Å²) in [5.41, 5.74) is 0. The molecule has 2 fully saturated rings. The number of rotatable bonds is 18. The Hall–Kier alpha value is 0.171. The topological polar surface area (TPSA) is 114 Å². The monoisotopic (exact) mass is 606 g/mol. The van der Waals surface area contributed by atoms with E-state index in [1.165, 1.54) is 47.7 Å². The van der Waals surface area contributed by atoms with Gasteiger partial charge >= 0.3 is 26.9 Å². The van der Waals surface area contributed by atoms with Gasteiger partial charge in [-0.2, -0.15) is 0 Å². The van der Waals surface area contributed by atoms with Crippen molar-refractivity contribution in [1.82, 2.24) is 0 Å². The fourth-order valence-corrected chi connectivity index (χ4v) is 8.93. The summed E-state index contributed by atoms with van der Waals surface area (Å²) >= 11 is 0. The summed E-state index contributed by atoms with van der Waals surface area (Å²) in [6.45, 7) is 9.80. The van der Waals surface area contributed by atoms with Gasteiger partial charge in [0.15, 0.2) is 0 Å². The molecule has 0 N–H and O–H groups in total. The molecule has 0 radical (unpaired) electrons. The van der Waals surface area contributed by atoms with Crippen LogP contribution in [0.3, 0.4) is 0 Å². The van der Waals surface area contributed by atoms with Gasteiger partial charge in [0, 0.05) is 82.2 Å². The average molecular weight is 607 g/mol. The van der Waals surface area contributed by atoms with Crippen molar-refractivity contribution < 1.29 is 53.4 Å². The first-order chi connectivity index (χ1) is 18.2. The Morgan fingerprint density at radius 3 is 1.26 bits per heavy atom. The minimum absolute atomic E-state index is 0.548. The molecule has 38 heavy (non-hydrogen) atoms. The molecule has 15 heteroatoms. The predicted octanol–water partition coefficient (Wildman–Crippen LogP) is 3.40. The van der Waals surface area contributed by atoms with Crippen molar-refractivity contribution in [2.45, 2.75) is 71.6 Å². The van der Waals surface area contributed by atoms with Gasteiger partial charge in [-0.1, -0.05) is 0 Å². The smallest absolute Gasteiger partial charge is 0.377 e. The van der Waals surface area contributed by atoms with Crippen LogP contribution < -0.4 is 0 Å². The van der Waals surface area contributed by atoms with Crippen molar-refractivity contribution in [3.05, 3.63) is 0 Å². The first-order valence-electron chi connectivity index (χ1n) is 13.3. The first-order valence-corrected chi connectivity index (χ1v) is 18.5. The van der Waals surface area contributed by atoms with Crippen molar-refractivity contribution in [2.75, 3.05) is 76.2 Å². The lowest BCUT2D eigenvalue weighted by atomic mass is 9.88. The zero-order chi connectivity index (χ0) is 29.1. The van der Waals surface area contributed by atoms with Crippen LogP contribution in [0.15, 0.2) is 0 Å². The summed E-state index contributed by atoms with van der Waals surface area (Å²) in [5.74, 6) is 0.760. The van der Waals surface area contributed by atoms with Gasteiger partial charge in [-0.15, -0.1) is 0 Å². The number of epoxide rings is 1. The molecule has 3 atom stereocenters. The lowest BCUT2D eigenvalue weighted by Crippen LogP contribution is -2.49. The molecule has 0 spiro atoms. The Bertz CT molecular complexity index is 514. The highest BCUT2D eigenvalue weighted by atomic mass is 28.4. The molecule has 1 saturated carbocycles. The molecule has 2 rings (SSSR count). The fraction of sp³-hybridized carbons (Fsp3) is 1.00. The van der Waals surface area contributed by atoms with Crippen molar-refractivity contribution in [3.8, 4) is 0 Å². The molecule has 1 aliphatic carbocycles. The lowest BCUT2D eigenvalue weighted by molar-refractivity contribution is -0.0247. The lowest BCUT2D eigenvalue weighted by Gasteiger charge is -2.27. The molecule has 0 amide bonds. The van der Waals surface area contributed by atoms with E-state index in [-0.39, 0.29) is 0 Å². The zero-order valence-electron chi connectivity index (χ0n) is 25.5. The third kappa shape index (κ3) is 13.2. The van der Waals surface area contributed by atoms with E-state index in [0.717, 1.165) is 18.4 Å². The quantitative estimate of drug-likeness (QED) is 0.168. The van der Waals surface area contributed by atoms with E-state index >= 15 is 0 Å². The highest BCUT2D eigenvalue weighted by Crippen LogP contribution is 2.41. The van der Waals surface area contributed by atoms with E-state index in [4.69, 9.17) is 53.4 Å². The maximum atomic E-state index is 5.54. The van der Waals surface area contributed by atoms with Crippen LogP contribution in [0.5, 0.6) is 0 Å². The van der Waals surface area contributed by atoms with E-state index in [1.54, 1.807) is 21.3 Å². The van der Waals surface area contributed by atoms with Gasteiger partial charge in [0.1, 0.15) is 0 Å². The Morgan fingerprint density at radius 1 is 0.553 bits per heavy atom. The van der Waals surface area contributed by atoms with Gasteiger partial charge in [-0.05, 0) is 59.3 Å². The molecular formula is C23H54O12Si3. The molecule has 0 bridgehead atoms. The number of hydrogen-bond acceptors (Lipinski definition) is 12. The molecule has 12 nitrogen and oxygen atoms in total. The van der Waals surface area contributed by atoms with Gasteiger partial charge in [0.2, 0.25) is 0 Å². The van der Waals surface area contributed by atoms with Crippen LogP contribution in [-0.4, -0.2) is 115 Å². The maximum Gasteiger partial charge on any atom is 0.679 e. The minimum atomic E-state index is -2.80. The van der Waals surface area contributed by atoms with Gasteiger partial charge in [0.05, 0.1) is 12.2 Å². The van der Waals surface area contributed by atoms with E-state index in [1.807, 2.05) is 27.7 Å². The Balaban J connectivity index is 0.000000566. The van der Waals surface area contributed by atoms with Gasteiger partial charge in [-0.25, -0.2) is 0 Å². The second kappa shape index (κ2) is 21.0. The highest BCUT2D eigenvalue weighted by Gasteiger charge is 2.46. The van der Waals surface area contributed by atoms with Crippen molar-refractivity contribution in [2.24, 2.45) is 5.92 Å². The van der Waals surface area contributed by atoms with Gasteiger partial charge in [-0.3, -0.25) is 0 Å². The van der Waals surface area contributed by atoms with E-state index < -0.39 is 26.9 Å². The summed E-state index contributed by atoms with van der Waals surface area (Å²) in [6.07, 6.45) is 6.01. The normalized spacial score (nSPS) is 21.1. The Morgan fingerprint density at radius 2 is 0.974 bits per heavy atom. The molecule has 230 valence electrons. The largest absolute Gasteiger partial charge is 0.679 e. The summed E-state index contributed by atoms with van der Waals surface area (Å²) in [6, 6.07) is 0.915. The summed E-state index contributed by atoms with van der Waals surface area (Å²) < 4.78 is 62.9. The molecule has 0 aromatic rings. The molecule has 0 aromatic carbocycles. The average Bonchev–Trinajstić information content (AvgIpc) is 3.72. The molecule has 3 unspecified atom stereocenters. The molecular weight excluding hydrogens is 552 g/mol. The van der Waals surface area contributed by atoms with Crippen LogP contribution in [0.2, 0.25) is 6.04 Å². The summed E-state index contributed by atoms with van der Waals surface area (Å²) in [5, 5.41) is 0. The van der Waals surface area contributed by atoms with Gasteiger partial charge < -0.3 is 53.4 Å². The summed E-state index contributed by atoms with van der Waals surface area (Å²) in [4.78, 5) is 0. The van der Waals surface area contributed by atoms with E-state index in [2.05, 4.69) is 0 Å². The van der Waals surface area contributed by atoms with Crippen LogP contribution in [-0.2, 0) is 53.4 Å². The number of fused-ring (bicyclic) bond motifs is 1. The van der Waals surface area contributed by atoms with E-state index in [0.29, 0.717) is 38.6 Å². The molecule has 1 aliphatic heterocycles. The van der Waals surface area contributed by atoms with Crippen LogP contribution >= 0.6 is 0 Å². The second-order valence-electron chi connectivity index (χ2n) is 8.27. The van der Waals surface area contributed by atoms with Crippen LogP contribution in [0.25, 0.3) is 0 Å². The SMILES string of the molecule is CCO[Si](OCC)(OCC)OCC.CO[Si](CCC1CCC2OC2C1)(OC)OC.CO[Si](OC)(OC)OC. The van der Waals surface area contributed by atoms with Gasteiger partial charge in [0.25, 0.3) is 0 Å². The molecule has 0 aromatic heterocycles. The van der Waals surface area contributed by atoms with Crippen LogP contribution in [0.4, 0.5) is 0 Å². The van der Waals surface area contributed by atoms with Crippen molar-refractivity contribution in [1.29, 1.82) is 0 Å². The third-order valence-electron chi connectivity index (χ3n) is 6.19. The van der Waals surface area contributed by atoms with Crippen molar-refractivity contribution in [3.63, 3.8) is 0 Å². The molecule has 1 heterocycles. The third-order valence-corrected chi connectivity index (χ3v) is 13.5. The maximum absolute atomic E-state index is 5.54. The molecule has 2 aliphatic rings. The highest BCUT2D eigenvalue weighted by molar-refractivity contribution is 6.60. The number of ether oxygens (including phenoxy) is 1. The van der Waals surface area contributed by atoms with Crippen LogP contribution in [0, 0.1) is 5.92 Å². The minimum Gasteiger partial charge on any atom is -0.377 e. The first kappa shape index (κ1) is 38.2. The second-order valence-corrected chi connectivity index (χ2v) is 16.2. The Kier molecular flexibility index (Phi) is 21.1.